The number of carbonyl (C=O) groups is 1. The molecule has 0 saturated carbocycles. The van der Waals surface area contributed by atoms with Crippen LogP contribution in [0.15, 0.2) is 24.3 Å². The van der Waals surface area contributed by atoms with Crippen LogP contribution in [0.5, 0.6) is 0 Å². The van der Waals surface area contributed by atoms with E-state index < -0.39 is 0 Å². The normalized spacial score (nSPS) is 21.5. The maximum Gasteiger partial charge on any atom is 0.224 e. The molecule has 1 aromatic rings. The first-order valence-electron chi connectivity index (χ1n) is 8.83. The van der Waals surface area contributed by atoms with Crippen molar-refractivity contribution < 1.29 is 9.18 Å². The molecule has 2 rings (SSSR count). The molecule has 0 radical (unpaired) electrons. The van der Waals surface area contributed by atoms with Crippen LogP contribution in [0.2, 0.25) is 0 Å². The van der Waals surface area contributed by atoms with Gasteiger partial charge in [0, 0.05) is 19.6 Å². The molecule has 2 atom stereocenters. The summed E-state index contributed by atoms with van der Waals surface area (Å²) in [5.74, 6) is 0.116. The fourth-order valence-corrected chi connectivity index (χ4v) is 3.12. The molecule has 0 spiro atoms. The van der Waals surface area contributed by atoms with Gasteiger partial charge in [0.2, 0.25) is 5.91 Å². The van der Waals surface area contributed by atoms with Gasteiger partial charge in [-0.25, -0.2) is 4.39 Å². The molecule has 1 aromatic carbocycles. The third-order valence-electron chi connectivity index (χ3n) is 5.28. The average Bonchev–Trinajstić information content (AvgIpc) is 2.54. The summed E-state index contributed by atoms with van der Waals surface area (Å²) in [6.07, 6.45) is 1.87. The van der Waals surface area contributed by atoms with Crippen molar-refractivity contribution in [2.75, 3.05) is 19.6 Å². The summed E-state index contributed by atoms with van der Waals surface area (Å²) in [5, 5.41) is 3.16. The van der Waals surface area contributed by atoms with E-state index >= 15 is 0 Å². The van der Waals surface area contributed by atoms with E-state index in [1.54, 1.807) is 12.1 Å². The lowest BCUT2D eigenvalue weighted by Gasteiger charge is -2.37. The highest BCUT2D eigenvalue weighted by molar-refractivity contribution is 5.79. The molecule has 1 heterocycles. The van der Waals surface area contributed by atoms with Crippen molar-refractivity contribution in [2.24, 2.45) is 17.6 Å². The van der Waals surface area contributed by atoms with E-state index in [1.165, 1.54) is 6.07 Å². The van der Waals surface area contributed by atoms with Crippen LogP contribution in [0.3, 0.4) is 0 Å². The van der Waals surface area contributed by atoms with Crippen molar-refractivity contribution >= 4 is 5.91 Å². The maximum absolute atomic E-state index is 13.3. The van der Waals surface area contributed by atoms with Gasteiger partial charge < -0.3 is 11.1 Å². The van der Waals surface area contributed by atoms with Crippen molar-refractivity contribution in [3.8, 4) is 0 Å². The van der Waals surface area contributed by atoms with Crippen molar-refractivity contribution in [2.45, 2.75) is 45.7 Å². The minimum atomic E-state index is -0.373. The Morgan fingerprint density at radius 1 is 1.50 bits per heavy atom. The van der Waals surface area contributed by atoms with E-state index in [4.69, 9.17) is 5.73 Å². The summed E-state index contributed by atoms with van der Waals surface area (Å²) >= 11 is 0. The van der Waals surface area contributed by atoms with Crippen LogP contribution in [0, 0.1) is 17.7 Å². The number of halogens is 1. The molecular formula is C19H30FN3O. The van der Waals surface area contributed by atoms with Gasteiger partial charge >= 0.3 is 0 Å². The summed E-state index contributed by atoms with van der Waals surface area (Å²) in [7, 11) is 0. The van der Waals surface area contributed by atoms with E-state index in [9.17, 15) is 9.18 Å². The standard InChI is InChI=1S/C19H30FN3O/c1-14(2)19(3,13-21)22-18(24)16-7-5-9-23(12-16)11-15-6-4-8-17(20)10-15/h4,6,8,10,14,16H,5,7,9,11-13,21H2,1-3H3,(H,22,24). The average molecular weight is 335 g/mol. The maximum atomic E-state index is 13.3. The molecule has 2 unspecified atom stereocenters. The number of nitrogens with zero attached hydrogens (tertiary/aromatic N) is 1. The van der Waals surface area contributed by atoms with E-state index in [1.807, 2.05) is 13.0 Å². The highest BCUT2D eigenvalue weighted by Gasteiger charge is 2.33. The second kappa shape index (κ2) is 8.08. The highest BCUT2D eigenvalue weighted by atomic mass is 19.1. The van der Waals surface area contributed by atoms with Gasteiger partial charge in [-0.1, -0.05) is 26.0 Å². The van der Waals surface area contributed by atoms with Crippen LogP contribution in [0.1, 0.15) is 39.2 Å². The Morgan fingerprint density at radius 3 is 2.88 bits per heavy atom. The van der Waals surface area contributed by atoms with Gasteiger partial charge in [0.05, 0.1) is 11.5 Å². The minimum Gasteiger partial charge on any atom is -0.349 e. The first-order chi connectivity index (χ1) is 11.3. The summed E-state index contributed by atoms with van der Waals surface area (Å²) < 4.78 is 13.3. The van der Waals surface area contributed by atoms with Gasteiger partial charge in [-0.15, -0.1) is 0 Å². The number of piperidine rings is 1. The van der Waals surface area contributed by atoms with E-state index in [2.05, 4.69) is 24.1 Å². The molecule has 3 N–H and O–H groups in total. The molecule has 24 heavy (non-hydrogen) atoms. The third kappa shape index (κ3) is 4.77. The third-order valence-corrected chi connectivity index (χ3v) is 5.28. The summed E-state index contributed by atoms with van der Waals surface area (Å²) in [6, 6.07) is 6.68. The number of carbonyl (C=O) groups excluding carboxylic acids is 1. The monoisotopic (exact) mass is 335 g/mol. The zero-order valence-electron chi connectivity index (χ0n) is 15.0. The van der Waals surface area contributed by atoms with Gasteiger partial charge in [0.15, 0.2) is 0 Å². The largest absolute Gasteiger partial charge is 0.349 e. The van der Waals surface area contributed by atoms with Gasteiger partial charge in [0.25, 0.3) is 0 Å². The Morgan fingerprint density at radius 2 is 2.25 bits per heavy atom. The Bertz CT molecular complexity index is 563. The first-order valence-corrected chi connectivity index (χ1v) is 8.83. The lowest BCUT2D eigenvalue weighted by Crippen LogP contribution is -2.57. The number of nitrogens with one attached hydrogen (secondary N) is 1. The highest BCUT2D eigenvalue weighted by Crippen LogP contribution is 2.22. The molecule has 0 aliphatic carbocycles. The number of likely N-dealkylation sites (tertiary alicyclic amines) is 1. The second-order valence-electron chi connectivity index (χ2n) is 7.47. The van der Waals surface area contributed by atoms with Crippen molar-refractivity contribution in [1.29, 1.82) is 0 Å². The number of amides is 1. The summed E-state index contributed by atoms with van der Waals surface area (Å²) in [4.78, 5) is 14.9. The molecule has 1 aliphatic rings. The van der Waals surface area contributed by atoms with Crippen LogP contribution >= 0.6 is 0 Å². The lowest BCUT2D eigenvalue weighted by atomic mass is 9.87. The van der Waals surface area contributed by atoms with Crippen molar-refractivity contribution in [3.05, 3.63) is 35.6 Å². The number of hydrogen-bond acceptors (Lipinski definition) is 3. The molecule has 1 aliphatic heterocycles. The van der Waals surface area contributed by atoms with Gasteiger partial charge in [-0.2, -0.15) is 0 Å². The van der Waals surface area contributed by atoms with Crippen LogP contribution in [-0.2, 0) is 11.3 Å². The predicted octanol–water partition coefficient (Wildman–Crippen LogP) is 2.53. The Labute approximate surface area is 144 Å². The second-order valence-corrected chi connectivity index (χ2v) is 7.47. The Kier molecular flexibility index (Phi) is 6.35. The molecular weight excluding hydrogens is 305 g/mol. The molecule has 4 nitrogen and oxygen atoms in total. The Balaban J connectivity index is 1.96. The molecule has 1 fully saturated rings. The molecule has 1 amide bonds. The fourth-order valence-electron chi connectivity index (χ4n) is 3.12. The van der Waals surface area contributed by atoms with E-state index in [-0.39, 0.29) is 29.1 Å². The Hall–Kier alpha value is -1.46. The zero-order chi connectivity index (χ0) is 17.7. The van der Waals surface area contributed by atoms with Crippen LogP contribution < -0.4 is 11.1 Å². The summed E-state index contributed by atoms with van der Waals surface area (Å²) in [5.41, 5.74) is 6.44. The molecule has 0 aromatic heterocycles. The van der Waals surface area contributed by atoms with E-state index in [0.717, 1.165) is 24.9 Å². The molecule has 1 saturated heterocycles. The van der Waals surface area contributed by atoms with E-state index in [0.29, 0.717) is 19.6 Å². The predicted molar refractivity (Wildman–Crippen MR) is 94.8 cm³/mol. The SMILES string of the molecule is CC(C)C(C)(CN)NC(=O)C1CCCN(Cc2cccc(F)c2)C1. The van der Waals surface area contributed by atoms with Crippen LogP contribution in [0.4, 0.5) is 4.39 Å². The van der Waals surface area contributed by atoms with Crippen molar-refractivity contribution in [1.82, 2.24) is 10.2 Å². The number of benzene rings is 1. The first kappa shape index (κ1) is 18.9. The van der Waals surface area contributed by atoms with Crippen LogP contribution in [0.25, 0.3) is 0 Å². The lowest BCUT2D eigenvalue weighted by molar-refractivity contribution is -0.129. The van der Waals surface area contributed by atoms with Gasteiger partial charge in [-0.05, 0) is 49.9 Å². The molecule has 134 valence electrons. The zero-order valence-corrected chi connectivity index (χ0v) is 15.0. The quantitative estimate of drug-likeness (QED) is 0.840. The number of nitrogens with two attached hydrogens (primary N) is 1. The van der Waals surface area contributed by atoms with Gasteiger partial charge in [-0.3, -0.25) is 9.69 Å². The van der Waals surface area contributed by atoms with Gasteiger partial charge in [0.1, 0.15) is 5.82 Å². The van der Waals surface area contributed by atoms with Crippen LogP contribution in [-0.4, -0.2) is 36.0 Å². The topological polar surface area (TPSA) is 58.4 Å². The summed E-state index contributed by atoms with van der Waals surface area (Å²) in [6.45, 7) is 8.91. The number of hydrogen-bond donors (Lipinski definition) is 2. The minimum absolute atomic E-state index is 0.0306. The number of rotatable bonds is 6. The smallest absolute Gasteiger partial charge is 0.224 e. The van der Waals surface area contributed by atoms with Crippen molar-refractivity contribution in [3.63, 3.8) is 0 Å². The molecule has 5 heteroatoms. The molecule has 0 bridgehead atoms. The fraction of sp³-hybridized carbons (Fsp3) is 0.632.